The van der Waals surface area contributed by atoms with Crippen molar-refractivity contribution in [1.82, 2.24) is 0 Å². The molecule has 0 bridgehead atoms. The van der Waals surface area contributed by atoms with Gasteiger partial charge in [-0.3, -0.25) is 4.79 Å². The number of halogens is 1. The second-order valence-electron chi connectivity index (χ2n) is 5.15. The molecule has 17 heavy (non-hydrogen) atoms. The molecule has 2 rings (SSSR count). The van der Waals surface area contributed by atoms with Crippen molar-refractivity contribution in [3.05, 3.63) is 21.3 Å². The molecule has 1 aliphatic rings. The van der Waals surface area contributed by atoms with Gasteiger partial charge in [0.1, 0.15) is 0 Å². The first-order valence-corrected chi connectivity index (χ1v) is 7.19. The Morgan fingerprint density at radius 3 is 2.65 bits per heavy atom. The Kier molecular flexibility index (Phi) is 3.79. The summed E-state index contributed by atoms with van der Waals surface area (Å²) in [6, 6.07) is 3.80. The smallest absolute Gasteiger partial charge is 0.309 e. The largest absolute Gasteiger partial charge is 0.481 e. The molecule has 0 saturated heterocycles. The van der Waals surface area contributed by atoms with Gasteiger partial charge < -0.3 is 5.11 Å². The highest BCUT2D eigenvalue weighted by atomic mass is 35.5. The van der Waals surface area contributed by atoms with Crippen molar-refractivity contribution in [2.75, 3.05) is 0 Å². The van der Waals surface area contributed by atoms with E-state index in [1.165, 1.54) is 11.3 Å². The molecular formula is C13H17ClO2S. The minimum absolute atomic E-state index is 0.555. The van der Waals surface area contributed by atoms with Crippen LogP contribution in [0.25, 0.3) is 0 Å². The third-order valence-corrected chi connectivity index (χ3v) is 5.06. The molecule has 1 aliphatic carbocycles. The Bertz CT molecular complexity index is 405. The van der Waals surface area contributed by atoms with Crippen LogP contribution in [0.2, 0.25) is 4.34 Å². The second-order valence-corrected chi connectivity index (χ2v) is 6.95. The van der Waals surface area contributed by atoms with E-state index in [9.17, 15) is 9.90 Å². The fourth-order valence-electron chi connectivity index (χ4n) is 2.56. The predicted molar refractivity (Wildman–Crippen MR) is 70.7 cm³/mol. The molecule has 2 nitrogen and oxygen atoms in total. The van der Waals surface area contributed by atoms with E-state index < -0.39 is 11.4 Å². The average Bonchev–Trinajstić information content (AvgIpc) is 2.67. The van der Waals surface area contributed by atoms with Gasteiger partial charge in [-0.25, -0.2) is 0 Å². The lowest BCUT2D eigenvalue weighted by atomic mass is 9.69. The zero-order chi connectivity index (χ0) is 12.5. The van der Waals surface area contributed by atoms with Crippen molar-refractivity contribution >= 4 is 28.9 Å². The maximum Gasteiger partial charge on any atom is 0.309 e. The predicted octanol–water partition coefficient (Wildman–Crippen LogP) is 4.23. The molecule has 0 aliphatic heterocycles. The second kappa shape index (κ2) is 4.99. The summed E-state index contributed by atoms with van der Waals surface area (Å²) in [5.74, 6) is 0.0170. The summed E-state index contributed by atoms with van der Waals surface area (Å²) in [6.45, 7) is 2.20. The van der Waals surface area contributed by atoms with Crippen molar-refractivity contribution < 1.29 is 9.90 Å². The van der Waals surface area contributed by atoms with Crippen LogP contribution < -0.4 is 0 Å². The van der Waals surface area contributed by atoms with E-state index in [0.717, 1.165) is 34.9 Å². The van der Waals surface area contributed by atoms with Crippen molar-refractivity contribution in [3.63, 3.8) is 0 Å². The normalized spacial score (nSPS) is 29.2. The molecule has 0 spiro atoms. The number of aliphatic carboxylic acids is 1. The summed E-state index contributed by atoms with van der Waals surface area (Å²) in [4.78, 5) is 12.7. The molecule has 0 radical (unpaired) electrons. The number of carboxylic acids is 1. The minimum atomic E-state index is -0.645. The zero-order valence-electron chi connectivity index (χ0n) is 9.91. The van der Waals surface area contributed by atoms with E-state index in [1.807, 2.05) is 12.1 Å². The van der Waals surface area contributed by atoms with Crippen molar-refractivity contribution in [1.29, 1.82) is 0 Å². The highest BCUT2D eigenvalue weighted by Crippen LogP contribution is 2.43. The molecule has 0 unspecified atom stereocenters. The van der Waals surface area contributed by atoms with E-state index in [2.05, 4.69) is 6.92 Å². The van der Waals surface area contributed by atoms with E-state index >= 15 is 0 Å². The molecule has 94 valence electrons. The van der Waals surface area contributed by atoms with Crippen molar-refractivity contribution in [2.45, 2.75) is 39.0 Å². The number of thiophene rings is 1. The van der Waals surface area contributed by atoms with Crippen LogP contribution in [0.4, 0.5) is 0 Å². The van der Waals surface area contributed by atoms with Gasteiger partial charge in [-0.2, -0.15) is 0 Å². The molecule has 0 atom stereocenters. The first kappa shape index (κ1) is 12.9. The Labute approximate surface area is 111 Å². The van der Waals surface area contributed by atoms with Gasteiger partial charge in [0, 0.05) is 4.88 Å². The fourth-order valence-corrected chi connectivity index (χ4v) is 3.79. The van der Waals surface area contributed by atoms with Crippen LogP contribution in [-0.4, -0.2) is 11.1 Å². The number of carboxylic acid groups (broad SMARTS) is 1. The van der Waals surface area contributed by atoms with Crippen molar-refractivity contribution in [3.8, 4) is 0 Å². The molecule has 1 heterocycles. The molecule has 1 N–H and O–H groups in total. The Morgan fingerprint density at radius 1 is 1.53 bits per heavy atom. The molecule has 1 aromatic heterocycles. The third-order valence-electron chi connectivity index (χ3n) is 3.83. The summed E-state index contributed by atoms with van der Waals surface area (Å²) in [5.41, 5.74) is -0.555. The number of hydrogen-bond acceptors (Lipinski definition) is 2. The molecule has 1 aromatic rings. The SMILES string of the molecule is CC1CCC(Cc2ccc(Cl)s2)(C(=O)O)CC1. The topological polar surface area (TPSA) is 37.3 Å². The molecule has 0 amide bonds. The van der Waals surface area contributed by atoms with Gasteiger partial charge in [0.25, 0.3) is 0 Å². The van der Waals surface area contributed by atoms with Crippen LogP contribution in [-0.2, 0) is 11.2 Å². The van der Waals surface area contributed by atoms with Gasteiger partial charge in [-0.15, -0.1) is 11.3 Å². The third kappa shape index (κ3) is 2.83. The maximum atomic E-state index is 11.6. The molecular weight excluding hydrogens is 256 g/mol. The van der Waals surface area contributed by atoms with Gasteiger partial charge in [0.15, 0.2) is 0 Å². The van der Waals surface area contributed by atoms with E-state index in [1.54, 1.807) is 0 Å². The van der Waals surface area contributed by atoms with E-state index in [-0.39, 0.29) is 0 Å². The lowest BCUT2D eigenvalue weighted by Crippen LogP contribution is -2.36. The summed E-state index contributed by atoms with van der Waals surface area (Å²) in [7, 11) is 0. The Hall–Kier alpha value is -0.540. The lowest BCUT2D eigenvalue weighted by Gasteiger charge is -2.35. The first-order chi connectivity index (χ1) is 8.02. The standard InChI is InChI=1S/C13H17ClO2S/c1-9-4-6-13(7-5-9,12(15)16)8-10-2-3-11(14)17-10/h2-3,9H,4-8H2,1H3,(H,15,16). The number of rotatable bonds is 3. The van der Waals surface area contributed by atoms with E-state index in [0.29, 0.717) is 12.3 Å². The van der Waals surface area contributed by atoms with Crippen LogP contribution in [0, 0.1) is 11.3 Å². The average molecular weight is 273 g/mol. The van der Waals surface area contributed by atoms with Gasteiger partial charge in [-0.05, 0) is 50.2 Å². The van der Waals surface area contributed by atoms with Crippen LogP contribution in [0.5, 0.6) is 0 Å². The van der Waals surface area contributed by atoms with Crippen LogP contribution in [0.3, 0.4) is 0 Å². The van der Waals surface area contributed by atoms with Crippen LogP contribution in [0.15, 0.2) is 12.1 Å². The van der Waals surface area contributed by atoms with Gasteiger partial charge >= 0.3 is 5.97 Å². The number of carbonyl (C=O) groups is 1. The van der Waals surface area contributed by atoms with Crippen LogP contribution in [0.1, 0.15) is 37.5 Å². The van der Waals surface area contributed by atoms with E-state index in [4.69, 9.17) is 11.6 Å². The van der Waals surface area contributed by atoms with Gasteiger partial charge in [0.2, 0.25) is 0 Å². The summed E-state index contributed by atoms with van der Waals surface area (Å²) < 4.78 is 0.740. The van der Waals surface area contributed by atoms with Gasteiger partial charge in [-0.1, -0.05) is 18.5 Å². The highest BCUT2D eigenvalue weighted by molar-refractivity contribution is 7.16. The highest BCUT2D eigenvalue weighted by Gasteiger charge is 2.41. The summed E-state index contributed by atoms with van der Waals surface area (Å²) >= 11 is 7.40. The Morgan fingerprint density at radius 2 is 2.18 bits per heavy atom. The maximum absolute atomic E-state index is 11.6. The fraction of sp³-hybridized carbons (Fsp3) is 0.615. The first-order valence-electron chi connectivity index (χ1n) is 5.99. The quantitative estimate of drug-likeness (QED) is 0.894. The molecule has 4 heteroatoms. The van der Waals surface area contributed by atoms with Crippen molar-refractivity contribution in [2.24, 2.45) is 11.3 Å². The minimum Gasteiger partial charge on any atom is -0.481 e. The summed E-state index contributed by atoms with van der Waals surface area (Å²) in [5, 5.41) is 9.51. The monoisotopic (exact) mass is 272 g/mol. The molecule has 1 fully saturated rings. The number of hydrogen-bond donors (Lipinski definition) is 1. The van der Waals surface area contributed by atoms with Gasteiger partial charge in [0.05, 0.1) is 9.75 Å². The lowest BCUT2D eigenvalue weighted by molar-refractivity contribution is -0.151. The van der Waals surface area contributed by atoms with Crippen LogP contribution >= 0.6 is 22.9 Å². The molecule has 0 aromatic carbocycles. The zero-order valence-corrected chi connectivity index (χ0v) is 11.5. The Balaban J connectivity index is 2.15. The molecule has 1 saturated carbocycles. The summed E-state index contributed by atoms with van der Waals surface area (Å²) in [6.07, 6.45) is 4.25.